The van der Waals surface area contributed by atoms with Crippen molar-refractivity contribution < 1.29 is 4.74 Å². The molecule has 0 fully saturated rings. The van der Waals surface area contributed by atoms with Crippen LogP contribution in [0.15, 0.2) is 24.3 Å². The summed E-state index contributed by atoms with van der Waals surface area (Å²) in [5.74, 6) is 1.79. The van der Waals surface area contributed by atoms with E-state index in [0.29, 0.717) is 0 Å². The second kappa shape index (κ2) is 5.89. The Morgan fingerprint density at radius 3 is 2.92 bits per heavy atom. The summed E-state index contributed by atoms with van der Waals surface area (Å²) < 4.78 is 7.52. The third-order valence-electron chi connectivity index (χ3n) is 1.37. The Hall–Kier alpha value is -0.670. The Labute approximate surface area is 84.0 Å². The zero-order chi connectivity index (χ0) is 9.52. The molecule has 0 atom stereocenters. The van der Waals surface area contributed by atoms with Crippen LogP contribution >= 0.6 is 11.9 Å². The van der Waals surface area contributed by atoms with Crippen molar-refractivity contribution in [1.82, 2.24) is 4.31 Å². The maximum atomic E-state index is 5.45. The molecule has 13 heavy (non-hydrogen) atoms. The first-order valence-corrected chi connectivity index (χ1v) is 5.13. The van der Waals surface area contributed by atoms with Crippen LogP contribution in [0.25, 0.3) is 0 Å². The van der Waals surface area contributed by atoms with Crippen molar-refractivity contribution >= 4 is 11.9 Å². The molecule has 0 saturated heterocycles. The van der Waals surface area contributed by atoms with E-state index >= 15 is 0 Å². The van der Waals surface area contributed by atoms with E-state index in [1.807, 2.05) is 38.4 Å². The zero-order valence-corrected chi connectivity index (χ0v) is 8.80. The quantitative estimate of drug-likeness (QED) is 0.528. The minimum atomic E-state index is 0.726. The standard InChI is InChI=1S/C10H14NOS/c1-11(2)13-9-8-12-10-6-4-3-5-7-10/h3-6H,8-9H2,1-2H3. The number of ether oxygens (including phenoxy) is 1. The van der Waals surface area contributed by atoms with Gasteiger partial charge in [0.15, 0.2) is 0 Å². The third-order valence-corrected chi connectivity index (χ3v) is 2.24. The molecule has 0 aliphatic heterocycles. The normalized spacial score (nSPS) is 10.4. The van der Waals surface area contributed by atoms with Gasteiger partial charge in [0.2, 0.25) is 0 Å². The lowest BCUT2D eigenvalue weighted by atomic mass is 10.3. The topological polar surface area (TPSA) is 12.5 Å². The highest BCUT2D eigenvalue weighted by Crippen LogP contribution is 2.08. The molecule has 0 bridgehead atoms. The molecule has 0 unspecified atom stereocenters. The van der Waals surface area contributed by atoms with Crippen LogP contribution in [0.1, 0.15) is 0 Å². The first-order valence-electron chi connectivity index (χ1n) is 4.19. The van der Waals surface area contributed by atoms with Crippen LogP contribution in [-0.2, 0) is 0 Å². The maximum Gasteiger partial charge on any atom is 0.127 e. The second-order valence-corrected chi connectivity index (χ2v) is 4.12. The van der Waals surface area contributed by atoms with Crippen molar-refractivity contribution in [3.63, 3.8) is 0 Å². The van der Waals surface area contributed by atoms with E-state index in [0.717, 1.165) is 18.1 Å². The van der Waals surface area contributed by atoms with Crippen molar-refractivity contribution in [2.75, 3.05) is 26.5 Å². The number of hydrogen-bond acceptors (Lipinski definition) is 3. The fourth-order valence-corrected chi connectivity index (χ4v) is 1.36. The molecule has 1 aromatic rings. The van der Waals surface area contributed by atoms with Crippen LogP contribution in [-0.4, -0.2) is 30.8 Å². The lowest BCUT2D eigenvalue weighted by molar-refractivity contribution is 0.342. The van der Waals surface area contributed by atoms with Gasteiger partial charge in [-0.3, -0.25) is 4.31 Å². The van der Waals surface area contributed by atoms with E-state index in [2.05, 4.69) is 10.4 Å². The largest absolute Gasteiger partial charge is 0.492 e. The maximum absolute atomic E-state index is 5.45. The lowest BCUT2D eigenvalue weighted by Gasteiger charge is -2.09. The molecular weight excluding hydrogens is 182 g/mol. The highest BCUT2D eigenvalue weighted by Gasteiger charge is 1.93. The molecule has 1 radical (unpaired) electrons. The van der Waals surface area contributed by atoms with E-state index in [4.69, 9.17) is 4.74 Å². The Morgan fingerprint density at radius 1 is 1.46 bits per heavy atom. The number of benzene rings is 1. The number of nitrogens with zero attached hydrogens (tertiary/aromatic N) is 1. The van der Waals surface area contributed by atoms with Gasteiger partial charge >= 0.3 is 0 Å². The highest BCUT2D eigenvalue weighted by molar-refractivity contribution is 7.96. The molecule has 71 valence electrons. The predicted molar refractivity (Wildman–Crippen MR) is 56.9 cm³/mol. The summed E-state index contributed by atoms with van der Waals surface area (Å²) in [4.78, 5) is 0. The monoisotopic (exact) mass is 196 g/mol. The average Bonchev–Trinajstić information content (AvgIpc) is 2.14. The van der Waals surface area contributed by atoms with Gasteiger partial charge in [0.05, 0.1) is 6.61 Å². The average molecular weight is 196 g/mol. The highest BCUT2D eigenvalue weighted by atomic mass is 32.2. The van der Waals surface area contributed by atoms with Gasteiger partial charge in [-0.05, 0) is 20.2 Å². The summed E-state index contributed by atoms with van der Waals surface area (Å²) in [6, 6.07) is 10.7. The first kappa shape index (κ1) is 10.4. The molecule has 1 aromatic carbocycles. The van der Waals surface area contributed by atoms with Gasteiger partial charge in [-0.1, -0.05) is 30.1 Å². The summed E-state index contributed by atoms with van der Waals surface area (Å²) in [5, 5.41) is 0. The van der Waals surface area contributed by atoms with Gasteiger partial charge < -0.3 is 4.74 Å². The van der Waals surface area contributed by atoms with E-state index in [1.165, 1.54) is 0 Å². The van der Waals surface area contributed by atoms with Crippen LogP contribution in [0.3, 0.4) is 0 Å². The Kier molecular flexibility index (Phi) is 4.72. The summed E-state index contributed by atoms with van der Waals surface area (Å²) in [6.07, 6.45) is 0. The summed E-state index contributed by atoms with van der Waals surface area (Å²) >= 11 is 1.74. The Balaban J connectivity index is 2.13. The van der Waals surface area contributed by atoms with Crippen molar-refractivity contribution in [1.29, 1.82) is 0 Å². The van der Waals surface area contributed by atoms with Crippen LogP contribution in [0.4, 0.5) is 0 Å². The SMILES string of the molecule is CN(C)SCCOc1[c]cccc1. The number of rotatable bonds is 5. The lowest BCUT2D eigenvalue weighted by Crippen LogP contribution is -2.06. The van der Waals surface area contributed by atoms with Crippen molar-refractivity contribution in [2.45, 2.75) is 0 Å². The van der Waals surface area contributed by atoms with Gasteiger partial charge in [-0.25, -0.2) is 0 Å². The predicted octanol–water partition coefficient (Wildman–Crippen LogP) is 2.08. The molecule has 0 saturated carbocycles. The van der Waals surface area contributed by atoms with E-state index in [-0.39, 0.29) is 0 Å². The van der Waals surface area contributed by atoms with Gasteiger partial charge in [0, 0.05) is 11.8 Å². The van der Waals surface area contributed by atoms with Gasteiger partial charge in [-0.2, -0.15) is 0 Å². The zero-order valence-electron chi connectivity index (χ0n) is 7.99. The van der Waals surface area contributed by atoms with Gasteiger partial charge in [-0.15, -0.1) is 0 Å². The second-order valence-electron chi connectivity index (χ2n) is 2.72. The van der Waals surface area contributed by atoms with Crippen LogP contribution in [0.2, 0.25) is 0 Å². The van der Waals surface area contributed by atoms with E-state index in [1.54, 1.807) is 11.9 Å². The van der Waals surface area contributed by atoms with Crippen molar-refractivity contribution in [2.24, 2.45) is 0 Å². The molecule has 2 nitrogen and oxygen atoms in total. The Bertz CT molecular complexity index is 226. The fourth-order valence-electron chi connectivity index (χ4n) is 0.838. The first-order chi connectivity index (χ1) is 6.29. The smallest absolute Gasteiger partial charge is 0.127 e. The van der Waals surface area contributed by atoms with Crippen LogP contribution < -0.4 is 4.74 Å². The van der Waals surface area contributed by atoms with Gasteiger partial charge in [0.1, 0.15) is 5.75 Å². The molecule has 0 amide bonds. The Morgan fingerprint density at radius 2 is 2.31 bits per heavy atom. The molecule has 1 rings (SSSR count). The molecule has 0 N–H and O–H groups in total. The van der Waals surface area contributed by atoms with E-state index < -0.39 is 0 Å². The van der Waals surface area contributed by atoms with Gasteiger partial charge in [0.25, 0.3) is 0 Å². The van der Waals surface area contributed by atoms with Crippen molar-refractivity contribution in [3.8, 4) is 5.75 Å². The fraction of sp³-hybridized carbons (Fsp3) is 0.400. The molecule has 3 heteroatoms. The van der Waals surface area contributed by atoms with E-state index in [9.17, 15) is 0 Å². The third kappa shape index (κ3) is 4.80. The van der Waals surface area contributed by atoms with Crippen LogP contribution in [0.5, 0.6) is 5.75 Å². The molecule has 0 spiro atoms. The summed E-state index contributed by atoms with van der Waals surface area (Å²) in [7, 11) is 4.05. The number of para-hydroxylation sites is 1. The number of hydrogen-bond donors (Lipinski definition) is 0. The molecule has 0 heterocycles. The molecular formula is C10H14NOS. The van der Waals surface area contributed by atoms with Crippen LogP contribution in [0, 0.1) is 6.07 Å². The summed E-state index contributed by atoms with van der Waals surface area (Å²) in [5.41, 5.74) is 0. The molecule has 0 aliphatic rings. The minimum absolute atomic E-state index is 0.726. The van der Waals surface area contributed by atoms with Crippen molar-refractivity contribution in [3.05, 3.63) is 30.3 Å². The molecule has 0 aliphatic carbocycles. The molecule has 0 aromatic heterocycles. The summed E-state index contributed by atoms with van der Waals surface area (Å²) in [6.45, 7) is 0.726. The minimum Gasteiger partial charge on any atom is -0.492 e.